The van der Waals surface area contributed by atoms with Crippen LogP contribution in [0.1, 0.15) is 24.8 Å². The Kier molecular flexibility index (Phi) is 6.02. The number of carboxylic acid groups (broad SMARTS) is 1. The summed E-state index contributed by atoms with van der Waals surface area (Å²) in [6, 6.07) is 8.14. The number of hydrogen-bond acceptors (Lipinski definition) is 4. The van der Waals surface area contributed by atoms with E-state index >= 15 is 0 Å². The molecule has 116 valence electrons. The number of nitrogens with zero attached hydrogens (tertiary/aromatic N) is 1. The first-order valence-corrected chi connectivity index (χ1v) is 7.35. The van der Waals surface area contributed by atoms with Crippen LogP contribution in [0.25, 0.3) is 0 Å². The van der Waals surface area contributed by atoms with Gasteiger partial charge in [0.05, 0.1) is 6.61 Å². The fourth-order valence-corrected chi connectivity index (χ4v) is 2.72. The fraction of sp³-hybridized carbons (Fsp3) is 0.562. The lowest BCUT2D eigenvalue weighted by atomic mass is 10.0. The molecule has 1 heterocycles. The topological polar surface area (TPSA) is 59.0 Å². The van der Waals surface area contributed by atoms with Gasteiger partial charge < -0.3 is 14.6 Å². The maximum atomic E-state index is 10.5. The van der Waals surface area contributed by atoms with Crippen LogP contribution in [-0.2, 0) is 16.1 Å². The van der Waals surface area contributed by atoms with Gasteiger partial charge in [-0.25, -0.2) is 4.79 Å². The lowest BCUT2D eigenvalue weighted by molar-refractivity contribution is -0.139. The molecular formula is C16H23NO4. The summed E-state index contributed by atoms with van der Waals surface area (Å²) >= 11 is 0. The van der Waals surface area contributed by atoms with Crippen LogP contribution in [0.15, 0.2) is 24.3 Å². The second-order valence-electron chi connectivity index (χ2n) is 5.40. The van der Waals surface area contributed by atoms with Crippen molar-refractivity contribution >= 4 is 5.97 Å². The minimum absolute atomic E-state index is 0.304. The first kappa shape index (κ1) is 15.8. The molecule has 5 nitrogen and oxygen atoms in total. The van der Waals surface area contributed by atoms with Crippen molar-refractivity contribution < 1.29 is 19.4 Å². The van der Waals surface area contributed by atoms with Crippen molar-refractivity contribution in [2.24, 2.45) is 0 Å². The van der Waals surface area contributed by atoms with Crippen molar-refractivity contribution in [3.05, 3.63) is 29.8 Å². The van der Waals surface area contributed by atoms with Crippen LogP contribution in [0.5, 0.6) is 5.75 Å². The summed E-state index contributed by atoms with van der Waals surface area (Å²) in [7, 11) is 1.75. The van der Waals surface area contributed by atoms with Gasteiger partial charge >= 0.3 is 5.97 Å². The maximum Gasteiger partial charge on any atom is 0.341 e. The van der Waals surface area contributed by atoms with E-state index in [4.69, 9.17) is 14.6 Å². The van der Waals surface area contributed by atoms with Crippen LogP contribution in [0, 0.1) is 0 Å². The average molecular weight is 293 g/mol. The number of carbonyl (C=O) groups is 1. The van der Waals surface area contributed by atoms with Gasteiger partial charge in [0, 0.05) is 19.7 Å². The Morgan fingerprint density at radius 2 is 2.10 bits per heavy atom. The normalized spacial score (nSPS) is 19.4. The first-order chi connectivity index (χ1) is 10.2. The maximum absolute atomic E-state index is 10.5. The van der Waals surface area contributed by atoms with Gasteiger partial charge in [-0.2, -0.15) is 0 Å². The molecule has 0 aliphatic carbocycles. The molecule has 0 saturated carbocycles. The van der Waals surface area contributed by atoms with Crippen molar-refractivity contribution in [1.82, 2.24) is 4.90 Å². The molecule has 1 atom stereocenters. The molecule has 1 fully saturated rings. The summed E-state index contributed by atoms with van der Waals surface area (Å²) in [6.45, 7) is 2.47. The lowest BCUT2D eigenvalue weighted by Crippen LogP contribution is -2.41. The molecule has 2 rings (SSSR count). The summed E-state index contributed by atoms with van der Waals surface area (Å²) in [5, 5.41) is 8.58. The third kappa shape index (κ3) is 5.02. The number of ether oxygens (including phenoxy) is 2. The van der Waals surface area contributed by atoms with E-state index in [9.17, 15) is 4.79 Å². The summed E-state index contributed by atoms with van der Waals surface area (Å²) < 4.78 is 10.4. The highest BCUT2D eigenvalue weighted by atomic mass is 16.5. The Balaban J connectivity index is 1.90. The van der Waals surface area contributed by atoms with E-state index in [1.807, 2.05) is 24.3 Å². The Hall–Kier alpha value is -1.59. The van der Waals surface area contributed by atoms with Crippen LogP contribution in [0.3, 0.4) is 0 Å². The number of piperidine rings is 1. The lowest BCUT2D eigenvalue weighted by Gasteiger charge is -2.35. The Labute approximate surface area is 125 Å². The molecule has 1 aliphatic rings. The van der Waals surface area contributed by atoms with Gasteiger partial charge in [0.15, 0.2) is 6.61 Å². The van der Waals surface area contributed by atoms with Crippen LogP contribution < -0.4 is 4.74 Å². The van der Waals surface area contributed by atoms with Gasteiger partial charge in [0.25, 0.3) is 0 Å². The van der Waals surface area contributed by atoms with Gasteiger partial charge in [-0.1, -0.05) is 18.6 Å². The molecule has 0 aromatic heterocycles. The van der Waals surface area contributed by atoms with E-state index in [2.05, 4.69) is 4.90 Å². The summed E-state index contributed by atoms with van der Waals surface area (Å²) in [5.41, 5.74) is 1.21. The van der Waals surface area contributed by atoms with E-state index in [0.717, 1.165) is 19.7 Å². The quantitative estimate of drug-likeness (QED) is 0.834. The zero-order chi connectivity index (χ0) is 15.1. The monoisotopic (exact) mass is 293 g/mol. The van der Waals surface area contributed by atoms with Crippen molar-refractivity contribution in [2.75, 3.05) is 26.9 Å². The SMILES string of the molecule is COC[C@@H]1CCCCN1Cc1ccc(OCC(=O)O)cc1. The third-order valence-electron chi connectivity index (χ3n) is 3.78. The number of rotatable bonds is 7. The van der Waals surface area contributed by atoms with Gasteiger partial charge in [0.1, 0.15) is 5.75 Å². The molecule has 1 aromatic rings. The van der Waals surface area contributed by atoms with E-state index < -0.39 is 5.97 Å². The van der Waals surface area contributed by atoms with Crippen molar-refractivity contribution in [2.45, 2.75) is 31.8 Å². The highest BCUT2D eigenvalue weighted by molar-refractivity contribution is 5.68. The predicted octanol–water partition coefficient (Wildman–Crippen LogP) is 2.15. The van der Waals surface area contributed by atoms with Crippen LogP contribution >= 0.6 is 0 Å². The molecule has 5 heteroatoms. The van der Waals surface area contributed by atoms with Gasteiger partial charge in [-0.15, -0.1) is 0 Å². The summed E-state index contributed by atoms with van der Waals surface area (Å²) in [4.78, 5) is 12.9. The smallest absolute Gasteiger partial charge is 0.341 e. The second kappa shape index (κ2) is 8.00. The largest absolute Gasteiger partial charge is 0.482 e. The second-order valence-corrected chi connectivity index (χ2v) is 5.40. The van der Waals surface area contributed by atoms with Crippen molar-refractivity contribution in [1.29, 1.82) is 0 Å². The highest BCUT2D eigenvalue weighted by Gasteiger charge is 2.22. The third-order valence-corrected chi connectivity index (χ3v) is 3.78. The van der Waals surface area contributed by atoms with Crippen LogP contribution in [0.2, 0.25) is 0 Å². The fourth-order valence-electron chi connectivity index (χ4n) is 2.72. The number of aliphatic carboxylic acids is 1. The van der Waals surface area contributed by atoms with E-state index in [0.29, 0.717) is 11.8 Å². The van der Waals surface area contributed by atoms with E-state index in [-0.39, 0.29) is 6.61 Å². The molecule has 1 aliphatic heterocycles. The molecular weight excluding hydrogens is 270 g/mol. The van der Waals surface area contributed by atoms with Crippen LogP contribution in [-0.4, -0.2) is 48.9 Å². The predicted molar refractivity (Wildman–Crippen MR) is 79.5 cm³/mol. The van der Waals surface area contributed by atoms with Gasteiger partial charge in [-0.3, -0.25) is 4.90 Å². The molecule has 0 spiro atoms. The molecule has 0 bridgehead atoms. The van der Waals surface area contributed by atoms with Gasteiger partial charge in [-0.05, 0) is 37.1 Å². The number of benzene rings is 1. The molecule has 0 amide bonds. The van der Waals surface area contributed by atoms with Gasteiger partial charge in [0.2, 0.25) is 0 Å². The average Bonchev–Trinajstić information content (AvgIpc) is 2.49. The number of likely N-dealkylation sites (tertiary alicyclic amines) is 1. The Bertz CT molecular complexity index is 444. The van der Waals surface area contributed by atoms with Crippen molar-refractivity contribution in [3.8, 4) is 5.75 Å². The van der Waals surface area contributed by atoms with Crippen molar-refractivity contribution in [3.63, 3.8) is 0 Å². The molecule has 0 radical (unpaired) electrons. The van der Waals surface area contributed by atoms with Crippen LogP contribution in [0.4, 0.5) is 0 Å². The summed E-state index contributed by atoms with van der Waals surface area (Å²) in [6.07, 6.45) is 3.69. The molecule has 21 heavy (non-hydrogen) atoms. The Morgan fingerprint density at radius 1 is 1.33 bits per heavy atom. The van der Waals surface area contributed by atoms with E-state index in [1.54, 1.807) is 7.11 Å². The zero-order valence-electron chi connectivity index (χ0n) is 12.5. The Morgan fingerprint density at radius 3 is 2.76 bits per heavy atom. The number of carboxylic acids is 1. The zero-order valence-corrected chi connectivity index (χ0v) is 12.5. The molecule has 0 unspecified atom stereocenters. The summed E-state index contributed by atoms with van der Waals surface area (Å²) in [5.74, 6) is -0.372. The first-order valence-electron chi connectivity index (χ1n) is 7.35. The highest BCUT2D eigenvalue weighted by Crippen LogP contribution is 2.21. The minimum atomic E-state index is -0.963. The molecule has 1 N–H and O–H groups in total. The molecule has 1 aromatic carbocycles. The minimum Gasteiger partial charge on any atom is -0.482 e. The standard InChI is InChI=1S/C16H23NO4/c1-20-11-14-4-2-3-9-17(14)10-13-5-7-15(8-6-13)21-12-16(18)19/h5-8,14H,2-4,9-12H2,1H3,(H,18,19)/t14-/m0/s1. The molecule has 1 saturated heterocycles. The number of methoxy groups -OCH3 is 1. The number of hydrogen-bond donors (Lipinski definition) is 1. The van der Waals surface area contributed by atoms with E-state index in [1.165, 1.54) is 24.8 Å².